The van der Waals surface area contributed by atoms with Gasteiger partial charge in [0, 0.05) is 5.54 Å². The molecule has 0 fully saturated rings. The Morgan fingerprint density at radius 3 is 2.78 bits per heavy atom. The van der Waals surface area contributed by atoms with Crippen molar-refractivity contribution in [3.8, 4) is 0 Å². The molecular formula is C16H20N2O4S. The first-order valence-corrected chi connectivity index (χ1v) is 8.33. The predicted octanol–water partition coefficient (Wildman–Crippen LogP) is 2.77. The van der Waals surface area contributed by atoms with Crippen molar-refractivity contribution in [1.29, 1.82) is 0 Å². The molecule has 2 aromatic rings. The van der Waals surface area contributed by atoms with Crippen molar-refractivity contribution in [1.82, 2.24) is 10.3 Å². The highest BCUT2D eigenvalue weighted by Crippen LogP contribution is 2.23. The molecule has 1 heterocycles. The average molecular weight is 336 g/mol. The molecule has 0 aliphatic rings. The van der Waals surface area contributed by atoms with Gasteiger partial charge in [-0.25, -0.2) is 4.98 Å². The van der Waals surface area contributed by atoms with Gasteiger partial charge >= 0.3 is 5.97 Å². The van der Waals surface area contributed by atoms with Crippen molar-refractivity contribution in [3.05, 3.63) is 24.3 Å². The maximum Gasteiger partial charge on any atom is 0.316 e. The number of benzene rings is 1. The Morgan fingerprint density at radius 1 is 1.35 bits per heavy atom. The Labute approximate surface area is 139 Å². The number of esters is 1. The van der Waals surface area contributed by atoms with E-state index in [0.717, 1.165) is 23.7 Å². The second-order valence-electron chi connectivity index (χ2n) is 5.68. The van der Waals surface area contributed by atoms with Crippen molar-refractivity contribution in [3.63, 3.8) is 0 Å². The lowest BCUT2D eigenvalue weighted by Gasteiger charge is -2.24. The van der Waals surface area contributed by atoms with E-state index in [0.29, 0.717) is 10.8 Å². The first-order chi connectivity index (χ1) is 10.9. The van der Waals surface area contributed by atoms with E-state index < -0.39 is 5.97 Å². The molecule has 0 saturated heterocycles. The number of thioether (sulfide) groups is 1. The molecule has 0 unspecified atom stereocenters. The van der Waals surface area contributed by atoms with E-state index in [1.54, 1.807) is 0 Å². The van der Waals surface area contributed by atoms with Crippen LogP contribution in [0, 0.1) is 0 Å². The Bertz CT molecular complexity index is 663. The SMILES string of the molecule is CCC(C)(C)NC(=O)COC(=O)CSc1nc2ccccc2o1. The molecular weight excluding hydrogens is 316 g/mol. The summed E-state index contributed by atoms with van der Waals surface area (Å²) in [5, 5.41) is 3.20. The van der Waals surface area contributed by atoms with Crippen LogP contribution < -0.4 is 5.32 Å². The van der Waals surface area contributed by atoms with Crippen LogP contribution in [0.2, 0.25) is 0 Å². The van der Waals surface area contributed by atoms with E-state index in [4.69, 9.17) is 9.15 Å². The molecule has 7 heteroatoms. The van der Waals surface area contributed by atoms with Crippen LogP contribution in [0.15, 0.2) is 33.9 Å². The van der Waals surface area contributed by atoms with Gasteiger partial charge in [-0.1, -0.05) is 30.8 Å². The average Bonchev–Trinajstić information content (AvgIpc) is 2.93. The summed E-state index contributed by atoms with van der Waals surface area (Å²) in [5.74, 6) is -0.754. The number of rotatable bonds is 7. The zero-order valence-corrected chi connectivity index (χ0v) is 14.2. The quantitative estimate of drug-likeness (QED) is 0.618. The maximum atomic E-state index is 11.7. The molecule has 6 nitrogen and oxygen atoms in total. The molecule has 0 aliphatic carbocycles. The number of fused-ring (bicyclic) bond motifs is 1. The van der Waals surface area contributed by atoms with E-state index >= 15 is 0 Å². The molecule has 0 aliphatic heterocycles. The third-order valence-electron chi connectivity index (χ3n) is 3.31. The molecule has 0 bridgehead atoms. The minimum atomic E-state index is -0.485. The molecule has 0 radical (unpaired) electrons. The van der Waals surface area contributed by atoms with Gasteiger partial charge in [0.15, 0.2) is 12.2 Å². The number of nitrogens with one attached hydrogen (secondary N) is 1. The van der Waals surface area contributed by atoms with Crippen molar-refractivity contribution in [2.24, 2.45) is 0 Å². The smallest absolute Gasteiger partial charge is 0.316 e. The second kappa shape index (κ2) is 7.50. The highest BCUT2D eigenvalue weighted by Gasteiger charge is 2.19. The Hall–Kier alpha value is -2.02. The van der Waals surface area contributed by atoms with Crippen LogP contribution in [-0.2, 0) is 14.3 Å². The summed E-state index contributed by atoms with van der Waals surface area (Å²) in [5.41, 5.74) is 1.10. The van der Waals surface area contributed by atoms with Gasteiger partial charge in [0.05, 0.1) is 0 Å². The van der Waals surface area contributed by atoms with Gasteiger partial charge in [-0.2, -0.15) is 0 Å². The number of carbonyl (C=O) groups excluding carboxylic acids is 2. The number of carbonyl (C=O) groups is 2. The highest BCUT2D eigenvalue weighted by molar-refractivity contribution is 7.99. The summed E-state index contributed by atoms with van der Waals surface area (Å²) in [6.07, 6.45) is 0.792. The molecule has 1 amide bonds. The van der Waals surface area contributed by atoms with Gasteiger partial charge in [-0.15, -0.1) is 0 Å². The van der Waals surface area contributed by atoms with Gasteiger partial charge in [0.1, 0.15) is 11.3 Å². The molecule has 1 aromatic heterocycles. The van der Waals surface area contributed by atoms with Crippen LogP contribution in [0.5, 0.6) is 0 Å². The van der Waals surface area contributed by atoms with Crippen LogP contribution in [0.4, 0.5) is 0 Å². The minimum absolute atomic E-state index is 0.0390. The van der Waals surface area contributed by atoms with E-state index in [9.17, 15) is 9.59 Å². The summed E-state index contributed by atoms with van der Waals surface area (Å²) < 4.78 is 10.4. The summed E-state index contributed by atoms with van der Waals surface area (Å²) in [6, 6.07) is 7.36. The van der Waals surface area contributed by atoms with E-state index in [2.05, 4.69) is 10.3 Å². The lowest BCUT2D eigenvalue weighted by atomic mass is 10.0. The topological polar surface area (TPSA) is 81.4 Å². The van der Waals surface area contributed by atoms with E-state index in [1.807, 2.05) is 45.0 Å². The maximum absolute atomic E-state index is 11.7. The minimum Gasteiger partial charge on any atom is -0.455 e. The number of ether oxygens (including phenoxy) is 1. The monoisotopic (exact) mass is 336 g/mol. The fraction of sp³-hybridized carbons (Fsp3) is 0.438. The molecule has 124 valence electrons. The molecule has 23 heavy (non-hydrogen) atoms. The number of oxazole rings is 1. The fourth-order valence-electron chi connectivity index (χ4n) is 1.72. The van der Waals surface area contributed by atoms with Crippen molar-refractivity contribution < 1.29 is 18.7 Å². The van der Waals surface area contributed by atoms with Crippen LogP contribution in [0.25, 0.3) is 11.1 Å². The predicted molar refractivity (Wildman–Crippen MR) is 88.2 cm³/mol. The van der Waals surface area contributed by atoms with Gasteiger partial charge in [-0.3, -0.25) is 9.59 Å². The van der Waals surface area contributed by atoms with Crippen LogP contribution >= 0.6 is 11.8 Å². The Kier molecular flexibility index (Phi) is 5.65. The second-order valence-corrected chi connectivity index (χ2v) is 6.61. The van der Waals surface area contributed by atoms with Crippen molar-refractivity contribution >= 4 is 34.7 Å². The van der Waals surface area contributed by atoms with Gasteiger partial charge in [-0.05, 0) is 32.4 Å². The van der Waals surface area contributed by atoms with Crippen molar-refractivity contribution in [2.45, 2.75) is 38.0 Å². The van der Waals surface area contributed by atoms with Gasteiger partial charge < -0.3 is 14.5 Å². The largest absolute Gasteiger partial charge is 0.455 e. The fourth-order valence-corrected chi connectivity index (χ4v) is 2.36. The van der Waals surface area contributed by atoms with E-state index in [-0.39, 0.29) is 23.8 Å². The lowest BCUT2D eigenvalue weighted by molar-refractivity contribution is -0.146. The van der Waals surface area contributed by atoms with Crippen molar-refractivity contribution in [2.75, 3.05) is 12.4 Å². The zero-order valence-electron chi connectivity index (χ0n) is 13.4. The number of amides is 1. The number of hydrogen-bond donors (Lipinski definition) is 1. The number of hydrogen-bond acceptors (Lipinski definition) is 6. The Morgan fingerprint density at radius 2 is 2.09 bits per heavy atom. The standard InChI is InChI=1S/C16H20N2O4S/c1-4-16(2,3)18-13(19)9-21-14(20)10-23-15-17-11-7-5-6-8-12(11)22-15/h5-8H,4,9-10H2,1-3H3,(H,18,19). The third-order valence-corrected chi connectivity index (χ3v) is 4.12. The highest BCUT2D eigenvalue weighted by atomic mass is 32.2. The molecule has 0 saturated carbocycles. The normalized spacial score (nSPS) is 11.4. The molecule has 2 rings (SSSR count). The summed E-state index contributed by atoms with van der Waals surface area (Å²) in [7, 11) is 0. The number of aromatic nitrogens is 1. The van der Waals surface area contributed by atoms with Crippen LogP contribution in [-0.4, -0.2) is 34.8 Å². The van der Waals surface area contributed by atoms with E-state index in [1.165, 1.54) is 0 Å². The van der Waals surface area contributed by atoms with Gasteiger partial charge in [0.2, 0.25) is 0 Å². The molecule has 1 aromatic carbocycles. The number of para-hydroxylation sites is 2. The zero-order chi connectivity index (χ0) is 16.9. The first-order valence-electron chi connectivity index (χ1n) is 7.34. The molecule has 1 N–H and O–H groups in total. The Balaban J connectivity index is 1.76. The summed E-state index contributed by atoms with van der Waals surface area (Å²) >= 11 is 1.14. The molecule has 0 spiro atoms. The third kappa shape index (κ3) is 5.28. The molecule has 0 atom stereocenters. The van der Waals surface area contributed by atoms with Crippen LogP contribution in [0.3, 0.4) is 0 Å². The number of nitrogens with zero attached hydrogens (tertiary/aromatic N) is 1. The van der Waals surface area contributed by atoms with Gasteiger partial charge in [0.25, 0.3) is 11.1 Å². The first kappa shape index (κ1) is 17.3. The lowest BCUT2D eigenvalue weighted by Crippen LogP contribution is -2.44. The summed E-state index contributed by atoms with van der Waals surface area (Å²) in [4.78, 5) is 27.6. The summed E-state index contributed by atoms with van der Waals surface area (Å²) in [6.45, 7) is 5.52. The van der Waals surface area contributed by atoms with Crippen LogP contribution in [0.1, 0.15) is 27.2 Å².